The number of pyridine rings is 1. The third kappa shape index (κ3) is 3.30. The summed E-state index contributed by atoms with van der Waals surface area (Å²) >= 11 is 0. The molecule has 0 aliphatic heterocycles. The average Bonchev–Trinajstić information content (AvgIpc) is 2.36. The minimum Gasteiger partial charge on any atom is -0.370 e. The summed E-state index contributed by atoms with van der Waals surface area (Å²) in [5.74, 6) is 1.10. The standard InChI is InChI=1S/C16H25N3O/c1-5-17-14-10-12(9-13(18-14)11(2)3)15(20)19-16(4)7-6-8-16/h9-11H,5-8H2,1-4H3,(H,17,18)(H,19,20). The molecule has 2 N–H and O–H groups in total. The summed E-state index contributed by atoms with van der Waals surface area (Å²) in [6.45, 7) is 9.12. The van der Waals surface area contributed by atoms with Gasteiger partial charge in [0.05, 0.1) is 0 Å². The first-order valence-corrected chi connectivity index (χ1v) is 7.52. The van der Waals surface area contributed by atoms with Crippen LogP contribution in [0.5, 0.6) is 0 Å². The molecule has 1 amide bonds. The fraction of sp³-hybridized carbons (Fsp3) is 0.625. The summed E-state index contributed by atoms with van der Waals surface area (Å²) < 4.78 is 0. The van der Waals surface area contributed by atoms with Gasteiger partial charge in [0.1, 0.15) is 5.82 Å². The zero-order valence-corrected chi connectivity index (χ0v) is 12.9. The van der Waals surface area contributed by atoms with Gasteiger partial charge in [-0.05, 0) is 51.2 Å². The Hall–Kier alpha value is -1.58. The van der Waals surface area contributed by atoms with Gasteiger partial charge >= 0.3 is 0 Å². The molecule has 1 saturated carbocycles. The fourth-order valence-corrected chi connectivity index (χ4v) is 2.43. The average molecular weight is 275 g/mol. The molecule has 1 aromatic heterocycles. The first kappa shape index (κ1) is 14.8. The molecule has 0 unspecified atom stereocenters. The Bertz CT molecular complexity index is 492. The van der Waals surface area contributed by atoms with Crippen LogP contribution < -0.4 is 10.6 Å². The molecule has 0 aromatic carbocycles. The molecule has 110 valence electrons. The molecular weight excluding hydrogens is 250 g/mol. The summed E-state index contributed by atoms with van der Waals surface area (Å²) in [5.41, 5.74) is 1.64. The van der Waals surface area contributed by atoms with Crippen molar-refractivity contribution in [1.82, 2.24) is 10.3 Å². The zero-order valence-electron chi connectivity index (χ0n) is 12.9. The highest BCUT2D eigenvalue weighted by atomic mass is 16.1. The summed E-state index contributed by atoms with van der Waals surface area (Å²) in [7, 11) is 0. The minimum absolute atomic E-state index is 0.00986. The van der Waals surface area contributed by atoms with E-state index >= 15 is 0 Å². The maximum atomic E-state index is 12.4. The van der Waals surface area contributed by atoms with Gasteiger partial charge in [0.25, 0.3) is 5.91 Å². The van der Waals surface area contributed by atoms with Crippen molar-refractivity contribution in [3.8, 4) is 0 Å². The van der Waals surface area contributed by atoms with Crippen LogP contribution in [0, 0.1) is 0 Å². The number of amides is 1. The molecule has 0 atom stereocenters. The van der Waals surface area contributed by atoms with Crippen LogP contribution in [0.3, 0.4) is 0 Å². The SMILES string of the molecule is CCNc1cc(C(=O)NC2(C)CCC2)cc(C(C)C)n1. The van der Waals surface area contributed by atoms with E-state index in [0.717, 1.165) is 30.9 Å². The number of hydrogen-bond donors (Lipinski definition) is 2. The fourth-order valence-electron chi connectivity index (χ4n) is 2.43. The van der Waals surface area contributed by atoms with E-state index in [1.165, 1.54) is 6.42 Å². The normalized spacial score (nSPS) is 16.6. The summed E-state index contributed by atoms with van der Waals surface area (Å²) in [5, 5.41) is 6.35. The van der Waals surface area contributed by atoms with Gasteiger partial charge in [0.15, 0.2) is 0 Å². The predicted molar refractivity (Wildman–Crippen MR) is 82.2 cm³/mol. The lowest BCUT2D eigenvalue weighted by molar-refractivity contribution is 0.0850. The van der Waals surface area contributed by atoms with Crippen molar-refractivity contribution in [3.05, 3.63) is 23.4 Å². The number of anilines is 1. The lowest BCUT2D eigenvalue weighted by Gasteiger charge is -2.39. The Morgan fingerprint density at radius 1 is 1.40 bits per heavy atom. The van der Waals surface area contributed by atoms with E-state index < -0.39 is 0 Å². The third-order valence-electron chi connectivity index (χ3n) is 3.93. The molecule has 1 fully saturated rings. The highest BCUT2D eigenvalue weighted by Crippen LogP contribution is 2.31. The number of carbonyl (C=O) groups is 1. The van der Waals surface area contributed by atoms with Crippen LogP contribution in [-0.2, 0) is 0 Å². The smallest absolute Gasteiger partial charge is 0.251 e. The predicted octanol–water partition coefficient (Wildman–Crippen LogP) is 3.31. The summed E-state index contributed by atoms with van der Waals surface area (Å²) in [4.78, 5) is 17.0. The molecule has 1 aromatic rings. The minimum atomic E-state index is -0.0172. The van der Waals surface area contributed by atoms with Crippen molar-refractivity contribution < 1.29 is 4.79 Å². The van der Waals surface area contributed by atoms with Crippen LogP contribution in [0.15, 0.2) is 12.1 Å². The first-order valence-electron chi connectivity index (χ1n) is 7.52. The Kier molecular flexibility index (Phi) is 4.31. The zero-order chi connectivity index (χ0) is 14.8. The maximum absolute atomic E-state index is 12.4. The van der Waals surface area contributed by atoms with Gasteiger partial charge in [-0.3, -0.25) is 4.79 Å². The van der Waals surface area contributed by atoms with Crippen molar-refractivity contribution in [3.63, 3.8) is 0 Å². The second-order valence-electron chi connectivity index (χ2n) is 6.22. The lowest BCUT2D eigenvalue weighted by Crippen LogP contribution is -2.50. The topological polar surface area (TPSA) is 54.0 Å². The first-order chi connectivity index (χ1) is 9.43. The molecule has 1 aliphatic carbocycles. The van der Waals surface area contributed by atoms with Crippen molar-refractivity contribution in [2.75, 3.05) is 11.9 Å². The second kappa shape index (κ2) is 5.81. The van der Waals surface area contributed by atoms with Crippen molar-refractivity contribution in [1.29, 1.82) is 0 Å². The van der Waals surface area contributed by atoms with Gasteiger partial charge in [-0.1, -0.05) is 13.8 Å². The Balaban J connectivity index is 2.22. The third-order valence-corrected chi connectivity index (χ3v) is 3.93. The maximum Gasteiger partial charge on any atom is 0.251 e. The largest absolute Gasteiger partial charge is 0.370 e. The van der Waals surface area contributed by atoms with Crippen molar-refractivity contribution in [2.24, 2.45) is 0 Å². The van der Waals surface area contributed by atoms with E-state index in [2.05, 4.69) is 36.4 Å². The van der Waals surface area contributed by atoms with E-state index in [1.54, 1.807) is 0 Å². The van der Waals surface area contributed by atoms with Gasteiger partial charge in [-0.15, -0.1) is 0 Å². The quantitative estimate of drug-likeness (QED) is 0.867. The monoisotopic (exact) mass is 275 g/mol. The molecule has 1 heterocycles. The van der Waals surface area contributed by atoms with Gasteiger partial charge in [0.2, 0.25) is 0 Å². The molecule has 0 saturated heterocycles. The van der Waals surface area contributed by atoms with E-state index in [1.807, 2.05) is 19.1 Å². The van der Waals surface area contributed by atoms with E-state index in [9.17, 15) is 4.79 Å². The van der Waals surface area contributed by atoms with Gasteiger partial charge in [-0.25, -0.2) is 4.98 Å². The highest BCUT2D eigenvalue weighted by Gasteiger charge is 2.33. The Morgan fingerprint density at radius 2 is 2.10 bits per heavy atom. The molecule has 0 spiro atoms. The van der Waals surface area contributed by atoms with E-state index in [4.69, 9.17) is 0 Å². The summed E-state index contributed by atoms with van der Waals surface area (Å²) in [6, 6.07) is 3.75. The lowest BCUT2D eigenvalue weighted by atomic mass is 9.78. The van der Waals surface area contributed by atoms with Crippen molar-refractivity contribution >= 4 is 11.7 Å². The van der Waals surface area contributed by atoms with Crippen LogP contribution >= 0.6 is 0 Å². The second-order valence-corrected chi connectivity index (χ2v) is 6.22. The summed E-state index contributed by atoms with van der Waals surface area (Å²) in [6.07, 6.45) is 3.34. The molecule has 20 heavy (non-hydrogen) atoms. The van der Waals surface area contributed by atoms with Gasteiger partial charge < -0.3 is 10.6 Å². The van der Waals surface area contributed by atoms with Gasteiger partial charge in [0, 0.05) is 23.3 Å². The molecule has 0 bridgehead atoms. The van der Waals surface area contributed by atoms with Crippen LogP contribution in [-0.4, -0.2) is 23.0 Å². The van der Waals surface area contributed by atoms with Crippen LogP contribution in [0.25, 0.3) is 0 Å². The number of hydrogen-bond acceptors (Lipinski definition) is 3. The number of aromatic nitrogens is 1. The number of rotatable bonds is 5. The molecule has 4 nitrogen and oxygen atoms in total. The number of nitrogens with one attached hydrogen (secondary N) is 2. The highest BCUT2D eigenvalue weighted by molar-refractivity contribution is 5.95. The molecule has 4 heteroatoms. The van der Waals surface area contributed by atoms with Crippen molar-refractivity contribution in [2.45, 2.75) is 58.4 Å². The molecule has 1 aliphatic rings. The van der Waals surface area contributed by atoms with E-state index in [0.29, 0.717) is 11.5 Å². The molecule has 2 rings (SSSR count). The Morgan fingerprint density at radius 3 is 2.60 bits per heavy atom. The molecular formula is C16H25N3O. The Labute approximate surface area is 121 Å². The number of carbonyl (C=O) groups excluding carboxylic acids is 1. The molecule has 0 radical (unpaired) electrons. The van der Waals surface area contributed by atoms with Crippen LogP contribution in [0.4, 0.5) is 5.82 Å². The van der Waals surface area contributed by atoms with Crippen LogP contribution in [0.2, 0.25) is 0 Å². The number of nitrogens with zero attached hydrogens (tertiary/aromatic N) is 1. The van der Waals surface area contributed by atoms with Gasteiger partial charge in [-0.2, -0.15) is 0 Å². The van der Waals surface area contributed by atoms with E-state index in [-0.39, 0.29) is 11.4 Å². The van der Waals surface area contributed by atoms with Crippen LogP contribution in [0.1, 0.15) is 68.9 Å².